The van der Waals surface area contributed by atoms with Crippen molar-refractivity contribution >= 4 is 39.1 Å². The summed E-state index contributed by atoms with van der Waals surface area (Å²) in [5.41, 5.74) is 2.40. The maximum atomic E-state index is 13.9. The zero-order chi connectivity index (χ0) is 27.9. The van der Waals surface area contributed by atoms with E-state index < -0.39 is 34.3 Å². The number of rotatable bonds is 11. The fourth-order valence-corrected chi connectivity index (χ4v) is 5.00. The van der Waals surface area contributed by atoms with Crippen LogP contribution >= 0.6 is 11.6 Å². The first-order valence-electron chi connectivity index (χ1n) is 12.1. The predicted octanol–water partition coefficient (Wildman–Crippen LogP) is 4.33. The van der Waals surface area contributed by atoms with Gasteiger partial charge in [-0.3, -0.25) is 13.9 Å². The Bertz CT molecular complexity index is 1370. The standard InChI is InChI=1S/C28H31ClFN3O4S/c1-4-31-28(35)26(16-21-8-6-5-7-9-21)32(18-22-11-13-23(30)14-12-22)27(34)19-33(38(3,36)37)24-15-10-20(2)25(29)17-24/h5-15,17,26H,4,16,18-19H2,1-3H3,(H,31,35)/t26-/m1/s1. The van der Waals surface area contributed by atoms with Crippen molar-refractivity contribution in [3.63, 3.8) is 0 Å². The summed E-state index contributed by atoms with van der Waals surface area (Å²) in [4.78, 5) is 28.5. The number of halogens is 2. The van der Waals surface area contributed by atoms with Crippen molar-refractivity contribution in [1.82, 2.24) is 10.2 Å². The minimum Gasteiger partial charge on any atom is -0.355 e. The van der Waals surface area contributed by atoms with Crippen molar-refractivity contribution in [3.05, 3.63) is 100 Å². The topological polar surface area (TPSA) is 86.8 Å². The molecule has 0 radical (unpaired) electrons. The molecule has 7 nitrogen and oxygen atoms in total. The van der Waals surface area contributed by atoms with Crippen molar-refractivity contribution in [2.75, 3.05) is 23.7 Å². The summed E-state index contributed by atoms with van der Waals surface area (Å²) in [5, 5.41) is 3.14. The van der Waals surface area contributed by atoms with Gasteiger partial charge in [-0.25, -0.2) is 12.8 Å². The molecule has 3 rings (SSSR count). The Balaban J connectivity index is 2.04. The van der Waals surface area contributed by atoms with Gasteiger partial charge in [-0.05, 0) is 54.8 Å². The number of nitrogens with one attached hydrogen (secondary N) is 1. The van der Waals surface area contributed by atoms with E-state index in [2.05, 4.69) is 5.32 Å². The Morgan fingerprint density at radius 1 is 1.00 bits per heavy atom. The van der Waals surface area contributed by atoms with Crippen molar-refractivity contribution in [2.24, 2.45) is 0 Å². The molecule has 3 aromatic carbocycles. The molecule has 0 heterocycles. The molecule has 1 N–H and O–H groups in total. The first kappa shape index (κ1) is 29.1. The van der Waals surface area contributed by atoms with Gasteiger partial charge in [-0.1, -0.05) is 60.1 Å². The third-order valence-corrected chi connectivity index (χ3v) is 7.56. The number of carbonyl (C=O) groups is 2. The number of anilines is 1. The van der Waals surface area contributed by atoms with Gasteiger partial charge < -0.3 is 10.2 Å². The van der Waals surface area contributed by atoms with Crippen LogP contribution in [0.5, 0.6) is 0 Å². The van der Waals surface area contributed by atoms with E-state index in [9.17, 15) is 22.4 Å². The maximum Gasteiger partial charge on any atom is 0.244 e. The number of nitrogens with zero attached hydrogens (tertiary/aromatic N) is 2. The Kier molecular flexibility index (Phi) is 9.88. The largest absolute Gasteiger partial charge is 0.355 e. The third-order valence-electron chi connectivity index (χ3n) is 6.01. The van der Waals surface area contributed by atoms with Crippen molar-refractivity contribution < 1.29 is 22.4 Å². The van der Waals surface area contributed by atoms with Crippen LogP contribution in [0.4, 0.5) is 10.1 Å². The van der Waals surface area contributed by atoms with E-state index in [4.69, 9.17) is 11.6 Å². The van der Waals surface area contributed by atoms with Crippen LogP contribution in [0.2, 0.25) is 5.02 Å². The van der Waals surface area contributed by atoms with Crippen molar-refractivity contribution in [2.45, 2.75) is 32.9 Å². The summed E-state index contributed by atoms with van der Waals surface area (Å²) < 4.78 is 40.1. The highest BCUT2D eigenvalue weighted by Crippen LogP contribution is 2.25. The van der Waals surface area contributed by atoms with E-state index in [1.807, 2.05) is 30.3 Å². The minimum absolute atomic E-state index is 0.0278. The lowest BCUT2D eigenvalue weighted by atomic mass is 10.0. The van der Waals surface area contributed by atoms with Gasteiger partial charge >= 0.3 is 0 Å². The van der Waals surface area contributed by atoms with E-state index >= 15 is 0 Å². The average molecular weight is 560 g/mol. The molecule has 2 amide bonds. The van der Waals surface area contributed by atoms with Gasteiger partial charge in [0.05, 0.1) is 11.9 Å². The molecule has 0 aliphatic heterocycles. The number of hydrogen-bond donors (Lipinski definition) is 1. The molecule has 0 fully saturated rings. The van der Waals surface area contributed by atoms with Gasteiger partial charge in [-0.2, -0.15) is 0 Å². The molecule has 10 heteroatoms. The molecule has 1 atom stereocenters. The Labute approximate surface area is 228 Å². The van der Waals surface area contributed by atoms with Gasteiger partial charge in [0.25, 0.3) is 0 Å². The second-order valence-electron chi connectivity index (χ2n) is 8.95. The first-order valence-corrected chi connectivity index (χ1v) is 14.3. The smallest absolute Gasteiger partial charge is 0.244 e. The highest BCUT2D eigenvalue weighted by molar-refractivity contribution is 7.92. The summed E-state index contributed by atoms with van der Waals surface area (Å²) in [6.07, 6.45) is 1.21. The number of likely N-dealkylation sites (N-methyl/N-ethyl adjacent to an activating group) is 1. The predicted molar refractivity (Wildman–Crippen MR) is 148 cm³/mol. The lowest BCUT2D eigenvalue weighted by Crippen LogP contribution is -2.53. The molecular formula is C28H31ClFN3O4S. The SMILES string of the molecule is CCNC(=O)[C@@H](Cc1ccccc1)N(Cc1ccc(F)cc1)C(=O)CN(c1ccc(C)c(Cl)c1)S(C)(=O)=O. The van der Waals surface area contributed by atoms with Gasteiger partial charge in [0.15, 0.2) is 0 Å². The summed E-state index contributed by atoms with van der Waals surface area (Å²) in [5.74, 6) is -1.41. The van der Waals surface area contributed by atoms with Crippen LogP contribution in [-0.2, 0) is 32.6 Å². The highest BCUT2D eigenvalue weighted by Gasteiger charge is 2.33. The molecule has 38 heavy (non-hydrogen) atoms. The van der Waals surface area contributed by atoms with Gasteiger partial charge in [-0.15, -0.1) is 0 Å². The first-order chi connectivity index (χ1) is 18.0. The van der Waals surface area contributed by atoms with E-state index in [-0.39, 0.29) is 24.6 Å². The second kappa shape index (κ2) is 12.9. The molecule has 0 unspecified atom stereocenters. The number of hydrogen-bond acceptors (Lipinski definition) is 4. The molecule has 0 bridgehead atoms. The molecule has 0 saturated heterocycles. The quantitative estimate of drug-likeness (QED) is 0.379. The fraction of sp³-hybridized carbons (Fsp3) is 0.286. The third kappa shape index (κ3) is 7.79. The van der Waals surface area contributed by atoms with Gasteiger partial charge in [0.2, 0.25) is 21.8 Å². The number of benzene rings is 3. The number of amides is 2. The zero-order valence-electron chi connectivity index (χ0n) is 21.5. The van der Waals surface area contributed by atoms with Gasteiger partial charge in [0, 0.05) is 24.5 Å². The van der Waals surface area contributed by atoms with Crippen LogP contribution in [0.1, 0.15) is 23.6 Å². The average Bonchev–Trinajstić information content (AvgIpc) is 2.87. The summed E-state index contributed by atoms with van der Waals surface area (Å²) in [6, 6.07) is 18.6. The molecule has 0 saturated carbocycles. The maximum absolute atomic E-state index is 13.9. The molecule has 0 aliphatic rings. The number of aryl methyl sites for hydroxylation is 1. The zero-order valence-corrected chi connectivity index (χ0v) is 23.1. The summed E-state index contributed by atoms with van der Waals surface area (Å²) in [7, 11) is -3.89. The fourth-order valence-electron chi connectivity index (χ4n) is 3.98. The Morgan fingerprint density at radius 3 is 2.24 bits per heavy atom. The van der Waals surface area contributed by atoms with Crippen LogP contribution in [0.15, 0.2) is 72.8 Å². The van der Waals surface area contributed by atoms with Crippen LogP contribution in [0.25, 0.3) is 0 Å². The van der Waals surface area contributed by atoms with E-state index in [0.717, 1.165) is 21.7 Å². The van der Waals surface area contributed by atoms with Crippen molar-refractivity contribution in [3.8, 4) is 0 Å². The van der Waals surface area contributed by atoms with E-state index in [1.165, 1.54) is 35.2 Å². The van der Waals surface area contributed by atoms with Crippen molar-refractivity contribution in [1.29, 1.82) is 0 Å². The monoisotopic (exact) mass is 559 g/mol. The molecule has 3 aromatic rings. The van der Waals surface area contributed by atoms with Crippen LogP contribution in [0.3, 0.4) is 0 Å². The highest BCUT2D eigenvalue weighted by atomic mass is 35.5. The molecule has 0 aliphatic carbocycles. The minimum atomic E-state index is -3.89. The second-order valence-corrected chi connectivity index (χ2v) is 11.3. The Morgan fingerprint density at radius 2 is 1.66 bits per heavy atom. The molecular weight excluding hydrogens is 529 g/mol. The summed E-state index contributed by atoms with van der Waals surface area (Å²) in [6.45, 7) is 3.33. The lowest BCUT2D eigenvalue weighted by molar-refractivity contribution is -0.140. The molecule has 202 valence electrons. The molecule has 0 aromatic heterocycles. The van der Waals surface area contributed by atoms with Crippen LogP contribution < -0.4 is 9.62 Å². The van der Waals surface area contributed by atoms with Gasteiger partial charge in [0.1, 0.15) is 18.4 Å². The normalized spacial score (nSPS) is 12.0. The number of carbonyl (C=O) groups excluding carboxylic acids is 2. The van der Waals surface area contributed by atoms with E-state index in [1.54, 1.807) is 26.0 Å². The Hall–Kier alpha value is -3.43. The van der Waals surface area contributed by atoms with Crippen LogP contribution in [-0.4, -0.2) is 50.5 Å². The van der Waals surface area contributed by atoms with Crippen LogP contribution in [0, 0.1) is 12.7 Å². The number of sulfonamides is 1. The lowest BCUT2D eigenvalue weighted by Gasteiger charge is -2.33. The van der Waals surface area contributed by atoms with E-state index in [0.29, 0.717) is 17.1 Å². The molecule has 0 spiro atoms. The summed E-state index contributed by atoms with van der Waals surface area (Å²) >= 11 is 6.24.